The topological polar surface area (TPSA) is 64.9 Å². The lowest BCUT2D eigenvalue weighted by Crippen LogP contribution is -2.00. The average Bonchev–Trinajstić information content (AvgIpc) is 2.73. The van der Waals surface area contributed by atoms with Crippen LogP contribution in [0, 0.1) is 5.92 Å². The molecule has 82 valence electrons. The summed E-state index contributed by atoms with van der Waals surface area (Å²) in [4.78, 5) is 4.25. The monoisotopic (exact) mass is 223 g/mol. The Hall–Kier alpha value is -0.900. The summed E-state index contributed by atoms with van der Waals surface area (Å²) in [7, 11) is 0. The van der Waals surface area contributed by atoms with Crippen LogP contribution in [0.3, 0.4) is 0 Å². The van der Waals surface area contributed by atoms with Gasteiger partial charge in [0.25, 0.3) is 0 Å². The number of anilines is 2. The number of pyridine rings is 1. The van der Waals surface area contributed by atoms with Gasteiger partial charge in [-0.05, 0) is 30.9 Å². The van der Waals surface area contributed by atoms with Crippen LogP contribution in [0.15, 0.2) is 17.2 Å². The van der Waals surface area contributed by atoms with Gasteiger partial charge in [0.1, 0.15) is 5.82 Å². The lowest BCUT2D eigenvalue weighted by Gasteiger charge is -2.08. The van der Waals surface area contributed by atoms with Gasteiger partial charge in [-0.25, -0.2) is 4.98 Å². The van der Waals surface area contributed by atoms with Gasteiger partial charge in [0, 0.05) is 5.75 Å². The van der Waals surface area contributed by atoms with Crippen molar-refractivity contribution in [2.24, 2.45) is 5.92 Å². The minimum absolute atomic E-state index is 0.450. The van der Waals surface area contributed by atoms with Crippen LogP contribution in [0.2, 0.25) is 0 Å². The Kier molecular flexibility index (Phi) is 3.36. The summed E-state index contributed by atoms with van der Waals surface area (Å²) in [6, 6.07) is 3.78. The van der Waals surface area contributed by atoms with Gasteiger partial charge >= 0.3 is 0 Å². The molecule has 1 aliphatic carbocycles. The molecule has 1 aliphatic rings. The lowest BCUT2D eigenvalue weighted by atomic mass is 10.1. The lowest BCUT2D eigenvalue weighted by molar-refractivity contribution is 0.623. The van der Waals surface area contributed by atoms with Gasteiger partial charge in [-0.3, -0.25) is 0 Å². The van der Waals surface area contributed by atoms with E-state index in [0.717, 1.165) is 16.7 Å². The molecule has 2 rings (SSSR count). The first-order valence-electron chi connectivity index (χ1n) is 5.40. The van der Waals surface area contributed by atoms with Crippen LogP contribution in [0.1, 0.15) is 25.7 Å². The van der Waals surface area contributed by atoms with Crippen LogP contribution < -0.4 is 11.5 Å². The van der Waals surface area contributed by atoms with E-state index in [1.54, 1.807) is 11.8 Å². The van der Waals surface area contributed by atoms with E-state index in [4.69, 9.17) is 11.5 Å². The summed E-state index contributed by atoms with van der Waals surface area (Å²) in [5, 5.41) is 0.994. The van der Waals surface area contributed by atoms with Crippen molar-refractivity contribution in [1.29, 1.82) is 0 Å². The van der Waals surface area contributed by atoms with E-state index >= 15 is 0 Å². The van der Waals surface area contributed by atoms with Crippen LogP contribution in [0.4, 0.5) is 11.5 Å². The fraction of sp³-hybridized carbons (Fsp3) is 0.545. The fourth-order valence-corrected chi connectivity index (χ4v) is 2.99. The van der Waals surface area contributed by atoms with Crippen molar-refractivity contribution in [3.8, 4) is 0 Å². The number of nitrogen functional groups attached to an aromatic ring is 2. The highest BCUT2D eigenvalue weighted by Crippen LogP contribution is 2.30. The maximum absolute atomic E-state index is 5.65. The molecule has 1 aromatic heterocycles. The molecule has 0 radical (unpaired) electrons. The maximum Gasteiger partial charge on any atom is 0.147 e. The van der Waals surface area contributed by atoms with Gasteiger partial charge in [-0.1, -0.05) is 12.8 Å². The number of thioether (sulfide) groups is 1. The second kappa shape index (κ2) is 4.75. The zero-order valence-electron chi connectivity index (χ0n) is 8.78. The van der Waals surface area contributed by atoms with Gasteiger partial charge in [0.2, 0.25) is 0 Å². The standard InChI is InChI=1S/C11H17N3S/c12-9-5-6-10(14-11(9)13)15-7-8-3-1-2-4-8/h5-6,8H,1-4,7,12H2,(H2,13,14). The summed E-state index contributed by atoms with van der Waals surface area (Å²) in [5.74, 6) is 2.48. The second-order valence-electron chi connectivity index (χ2n) is 4.09. The van der Waals surface area contributed by atoms with E-state index in [2.05, 4.69) is 4.98 Å². The molecular formula is C11H17N3S. The molecule has 0 aromatic carbocycles. The summed E-state index contributed by atoms with van der Waals surface area (Å²) < 4.78 is 0. The molecular weight excluding hydrogens is 206 g/mol. The van der Waals surface area contributed by atoms with E-state index in [9.17, 15) is 0 Å². The molecule has 3 nitrogen and oxygen atoms in total. The molecule has 1 fully saturated rings. The van der Waals surface area contributed by atoms with Gasteiger partial charge in [0.15, 0.2) is 0 Å². The summed E-state index contributed by atoms with van der Waals surface area (Å²) in [6.45, 7) is 0. The van der Waals surface area contributed by atoms with Crippen molar-refractivity contribution in [2.45, 2.75) is 30.7 Å². The molecule has 0 unspecified atom stereocenters. The van der Waals surface area contributed by atoms with Crippen LogP contribution in [-0.4, -0.2) is 10.7 Å². The number of hydrogen-bond acceptors (Lipinski definition) is 4. The quantitative estimate of drug-likeness (QED) is 0.773. The van der Waals surface area contributed by atoms with Crippen LogP contribution >= 0.6 is 11.8 Å². The number of hydrogen-bond donors (Lipinski definition) is 2. The molecule has 1 saturated carbocycles. The third-order valence-corrected chi connectivity index (χ3v) is 4.03. The zero-order valence-corrected chi connectivity index (χ0v) is 9.59. The highest BCUT2D eigenvalue weighted by Gasteiger charge is 2.15. The van der Waals surface area contributed by atoms with E-state index < -0.39 is 0 Å². The third-order valence-electron chi connectivity index (χ3n) is 2.87. The summed E-state index contributed by atoms with van der Waals surface area (Å²) >= 11 is 1.79. The average molecular weight is 223 g/mol. The molecule has 0 atom stereocenters. The molecule has 0 saturated heterocycles. The molecule has 0 bridgehead atoms. The SMILES string of the molecule is Nc1ccc(SCC2CCCC2)nc1N. The van der Waals surface area contributed by atoms with Crippen molar-refractivity contribution >= 4 is 23.3 Å². The first-order chi connectivity index (χ1) is 7.25. The predicted molar refractivity (Wildman–Crippen MR) is 65.7 cm³/mol. The Morgan fingerprint density at radius 2 is 2.00 bits per heavy atom. The fourth-order valence-electron chi connectivity index (χ4n) is 1.93. The van der Waals surface area contributed by atoms with Crippen LogP contribution in [0.5, 0.6) is 0 Å². The smallest absolute Gasteiger partial charge is 0.147 e. The van der Waals surface area contributed by atoms with E-state index in [1.807, 2.05) is 12.1 Å². The van der Waals surface area contributed by atoms with Gasteiger partial charge < -0.3 is 11.5 Å². The van der Waals surface area contributed by atoms with Gasteiger partial charge in [0.05, 0.1) is 10.7 Å². The van der Waals surface area contributed by atoms with Gasteiger partial charge in [-0.15, -0.1) is 11.8 Å². The number of aromatic nitrogens is 1. The van der Waals surface area contributed by atoms with Crippen molar-refractivity contribution in [3.63, 3.8) is 0 Å². The Balaban J connectivity index is 1.90. The maximum atomic E-state index is 5.65. The van der Waals surface area contributed by atoms with Crippen molar-refractivity contribution < 1.29 is 0 Å². The summed E-state index contributed by atoms with van der Waals surface area (Å²) in [5.41, 5.74) is 11.8. The first-order valence-corrected chi connectivity index (χ1v) is 6.39. The van der Waals surface area contributed by atoms with Crippen molar-refractivity contribution in [3.05, 3.63) is 12.1 Å². The molecule has 15 heavy (non-hydrogen) atoms. The van der Waals surface area contributed by atoms with Gasteiger partial charge in [-0.2, -0.15) is 0 Å². The predicted octanol–water partition coefficient (Wildman–Crippen LogP) is 2.53. The number of rotatable bonds is 3. The number of nitrogens with two attached hydrogens (primary N) is 2. The minimum atomic E-state index is 0.450. The molecule has 1 heterocycles. The summed E-state index contributed by atoms with van der Waals surface area (Å²) in [6.07, 6.45) is 5.53. The van der Waals surface area contributed by atoms with E-state index in [0.29, 0.717) is 11.5 Å². The van der Waals surface area contributed by atoms with E-state index in [-0.39, 0.29) is 0 Å². The Bertz CT molecular complexity index is 335. The molecule has 0 amide bonds. The highest BCUT2D eigenvalue weighted by atomic mass is 32.2. The highest BCUT2D eigenvalue weighted by molar-refractivity contribution is 7.99. The first kappa shape index (κ1) is 10.6. The zero-order chi connectivity index (χ0) is 10.7. The minimum Gasteiger partial charge on any atom is -0.396 e. The largest absolute Gasteiger partial charge is 0.396 e. The van der Waals surface area contributed by atoms with Crippen molar-refractivity contribution in [2.75, 3.05) is 17.2 Å². The number of nitrogens with zero attached hydrogens (tertiary/aromatic N) is 1. The molecule has 1 aromatic rings. The Labute approximate surface area is 94.6 Å². The van der Waals surface area contributed by atoms with E-state index in [1.165, 1.54) is 25.7 Å². The molecule has 4 heteroatoms. The molecule has 0 aliphatic heterocycles. The normalized spacial score (nSPS) is 17.1. The Morgan fingerprint density at radius 1 is 1.27 bits per heavy atom. The molecule has 0 spiro atoms. The third kappa shape index (κ3) is 2.78. The van der Waals surface area contributed by atoms with Crippen LogP contribution in [0.25, 0.3) is 0 Å². The molecule has 4 N–H and O–H groups in total. The second-order valence-corrected chi connectivity index (χ2v) is 5.13. The van der Waals surface area contributed by atoms with Crippen molar-refractivity contribution in [1.82, 2.24) is 4.98 Å². The Morgan fingerprint density at radius 3 is 2.67 bits per heavy atom. The van der Waals surface area contributed by atoms with Crippen LogP contribution in [-0.2, 0) is 0 Å².